The first-order chi connectivity index (χ1) is 26.4. The number of aromatic nitrogens is 5. The summed E-state index contributed by atoms with van der Waals surface area (Å²) in [6.07, 6.45) is 5.27. The summed E-state index contributed by atoms with van der Waals surface area (Å²) in [5.74, 6) is 1.43. The number of nitrogens with zero attached hydrogens (tertiary/aromatic N) is 5. The predicted molar refractivity (Wildman–Crippen MR) is 216 cm³/mol. The summed E-state index contributed by atoms with van der Waals surface area (Å²) in [6, 6.07) is 36.3. The van der Waals surface area contributed by atoms with Gasteiger partial charge in [-0.05, 0) is 88.8 Å². The molecule has 0 amide bonds. The Morgan fingerprint density at radius 3 is 2.21 bits per heavy atom. The zero-order valence-electron chi connectivity index (χ0n) is 34.7. The Kier molecular flexibility index (Phi) is 7.58. The van der Waals surface area contributed by atoms with Gasteiger partial charge in [0.25, 0.3) is 6.33 Å². The molecule has 0 aliphatic carbocycles. The second kappa shape index (κ2) is 13.0. The maximum Gasteiger partial charge on any atom is 0.271 e. The Morgan fingerprint density at radius 2 is 1.42 bits per heavy atom. The van der Waals surface area contributed by atoms with Crippen molar-refractivity contribution in [1.29, 1.82) is 0 Å². The van der Waals surface area contributed by atoms with Crippen molar-refractivity contribution in [3.05, 3.63) is 145 Å². The number of imidazole rings is 1. The molecule has 0 N–H and O–H groups in total. The minimum Gasteiger partial charge on any atom is -0.458 e. The normalized spacial score (nSPS) is 13.7. The molecule has 266 valence electrons. The topological polar surface area (TPSA) is 48.8 Å². The minimum atomic E-state index is -1.88. The molecule has 6 heteroatoms. The van der Waals surface area contributed by atoms with Crippen LogP contribution in [0.3, 0.4) is 0 Å². The van der Waals surface area contributed by atoms with Gasteiger partial charge in [0.15, 0.2) is 5.82 Å². The van der Waals surface area contributed by atoms with Crippen LogP contribution in [0, 0.1) is 12.2 Å². The highest BCUT2D eigenvalue weighted by Crippen LogP contribution is 2.36. The lowest BCUT2D eigenvalue weighted by Gasteiger charge is -2.20. The average Bonchev–Trinajstić information content (AvgIpc) is 3.70. The number of benzene rings is 4. The van der Waals surface area contributed by atoms with Crippen molar-refractivity contribution in [2.45, 2.75) is 72.6 Å². The molecular formula is C47H47N5O. The van der Waals surface area contributed by atoms with Gasteiger partial charge >= 0.3 is 0 Å². The first kappa shape index (κ1) is 30.8. The number of hydrogen-bond acceptors (Lipinski definition) is 3. The van der Waals surface area contributed by atoms with E-state index in [1.165, 1.54) is 5.56 Å². The fourth-order valence-electron chi connectivity index (χ4n) is 6.94. The van der Waals surface area contributed by atoms with E-state index in [0.29, 0.717) is 22.9 Å². The van der Waals surface area contributed by atoms with Crippen molar-refractivity contribution in [2.24, 2.45) is 5.89 Å². The molecule has 4 heterocycles. The molecule has 0 atom stereocenters. The molecule has 0 aliphatic rings. The Morgan fingerprint density at radius 1 is 0.698 bits per heavy atom. The van der Waals surface area contributed by atoms with Crippen LogP contribution in [0.2, 0.25) is 0 Å². The largest absolute Gasteiger partial charge is 0.458 e. The first-order valence-corrected chi connectivity index (χ1v) is 18.2. The molecule has 0 bridgehead atoms. The van der Waals surface area contributed by atoms with Gasteiger partial charge in [-0.1, -0.05) is 103 Å². The summed E-state index contributed by atoms with van der Waals surface area (Å²) in [4.78, 5) is 9.60. The summed E-state index contributed by atoms with van der Waals surface area (Å²) < 4.78 is 38.8. The first-order valence-electron chi connectivity index (χ1n) is 19.7. The maximum atomic E-state index is 8.80. The molecule has 0 unspecified atom stereocenters. The van der Waals surface area contributed by atoms with Gasteiger partial charge in [-0.2, -0.15) is 0 Å². The van der Waals surface area contributed by atoms with Crippen molar-refractivity contribution in [3.63, 3.8) is 0 Å². The van der Waals surface area contributed by atoms with Crippen LogP contribution in [-0.2, 0) is 17.2 Å². The van der Waals surface area contributed by atoms with Gasteiger partial charge in [-0.15, -0.1) is 0 Å². The third-order valence-electron chi connectivity index (χ3n) is 9.69. The van der Waals surface area contributed by atoms with Crippen molar-refractivity contribution in [1.82, 2.24) is 19.1 Å². The molecule has 0 aliphatic heterocycles. The molecule has 4 aromatic carbocycles. The zero-order valence-corrected chi connectivity index (χ0v) is 31.7. The van der Waals surface area contributed by atoms with Crippen molar-refractivity contribution < 1.29 is 13.4 Å². The summed E-state index contributed by atoms with van der Waals surface area (Å²) in [6.45, 7) is 16.4. The second-order valence-electron chi connectivity index (χ2n) is 16.0. The third kappa shape index (κ3) is 6.59. The standard InChI is InChI=1S/C47H47N5O/c1-31(2)24-32-12-11-13-35(25-32)50-30-51(41-19-16-33(26-43(41)50)46(3,4)5)44-29-37(21-23-48-44)53-36-17-18-39-38-14-9-10-15-40(38)52(42(39)28-36)45-27-34(20-22-49-45)47(6,7)8/h9-23,25-29,31H,24H2,1-8H3/i24D2,31D. The SMILES string of the molecule is [2H]C(C)(C)C([2H])([2H])c1cccc(-[n+]2[c-]n(-c3cc(Oc4ccc5c6ccccc6n(-c6cc(C(C)(C)C)ccn6)c5c4)ccn3)c3ccc(C(C)(C)C)cc32)c1. The highest BCUT2D eigenvalue weighted by molar-refractivity contribution is 6.09. The Balaban J connectivity index is 1.22. The van der Waals surface area contributed by atoms with E-state index in [1.807, 2.05) is 51.7 Å². The number of rotatable bonds is 7. The van der Waals surface area contributed by atoms with Crippen LogP contribution in [0.4, 0.5) is 0 Å². The van der Waals surface area contributed by atoms with Gasteiger partial charge in [-0.25, -0.2) is 4.98 Å². The molecule has 6 nitrogen and oxygen atoms in total. The van der Waals surface area contributed by atoms with E-state index in [4.69, 9.17) is 18.8 Å². The van der Waals surface area contributed by atoms with E-state index < -0.39 is 12.3 Å². The molecule has 8 rings (SSSR count). The lowest BCUT2D eigenvalue weighted by atomic mass is 9.87. The number of hydrogen-bond donors (Lipinski definition) is 0. The Hall–Kier alpha value is -5.75. The van der Waals surface area contributed by atoms with E-state index >= 15 is 0 Å². The quantitative estimate of drug-likeness (QED) is 0.123. The molecular weight excluding hydrogens is 651 g/mol. The van der Waals surface area contributed by atoms with Crippen molar-refractivity contribution in [3.8, 4) is 28.8 Å². The van der Waals surface area contributed by atoms with Crippen LogP contribution in [0.5, 0.6) is 11.5 Å². The Bertz CT molecular complexity index is 2780. The third-order valence-corrected chi connectivity index (χ3v) is 9.69. The summed E-state index contributed by atoms with van der Waals surface area (Å²) in [7, 11) is 0. The van der Waals surface area contributed by atoms with Gasteiger partial charge in [0.05, 0.1) is 27.8 Å². The minimum absolute atomic E-state index is 0.0281. The lowest BCUT2D eigenvalue weighted by molar-refractivity contribution is -0.572. The predicted octanol–water partition coefficient (Wildman–Crippen LogP) is 11.2. The van der Waals surface area contributed by atoms with Gasteiger partial charge in [0.1, 0.15) is 17.3 Å². The van der Waals surface area contributed by atoms with E-state index in [-0.39, 0.29) is 10.8 Å². The number of fused-ring (bicyclic) bond motifs is 4. The van der Waals surface area contributed by atoms with Gasteiger partial charge in [-0.3, -0.25) is 18.7 Å². The van der Waals surface area contributed by atoms with E-state index in [9.17, 15) is 0 Å². The van der Waals surface area contributed by atoms with Crippen LogP contribution in [0.15, 0.2) is 122 Å². The highest BCUT2D eigenvalue weighted by atomic mass is 16.5. The molecule has 53 heavy (non-hydrogen) atoms. The van der Waals surface area contributed by atoms with Crippen LogP contribution >= 0.6 is 0 Å². The smallest absolute Gasteiger partial charge is 0.271 e. The van der Waals surface area contributed by atoms with E-state index in [0.717, 1.165) is 49.9 Å². The molecule has 0 saturated carbocycles. The summed E-state index contributed by atoms with van der Waals surface area (Å²) in [5.41, 5.74) is 7.26. The molecule has 0 radical (unpaired) electrons. The fraction of sp³-hybridized carbons (Fsp3) is 0.255. The fourth-order valence-corrected chi connectivity index (χ4v) is 6.94. The molecule has 0 saturated heterocycles. The van der Waals surface area contributed by atoms with Gasteiger partial charge in [0.2, 0.25) is 0 Å². The highest BCUT2D eigenvalue weighted by Gasteiger charge is 2.21. The van der Waals surface area contributed by atoms with Gasteiger partial charge < -0.3 is 4.74 Å². The average molecular weight is 701 g/mol. The van der Waals surface area contributed by atoms with E-state index in [1.54, 1.807) is 26.1 Å². The van der Waals surface area contributed by atoms with E-state index in [2.05, 4.69) is 119 Å². The van der Waals surface area contributed by atoms with Crippen LogP contribution in [0.1, 0.15) is 76.2 Å². The molecule has 8 aromatic rings. The maximum absolute atomic E-state index is 8.80. The molecule has 4 aromatic heterocycles. The second-order valence-corrected chi connectivity index (χ2v) is 16.0. The molecule has 0 fully saturated rings. The monoisotopic (exact) mass is 700 g/mol. The molecule has 0 spiro atoms. The summed E-state index contributed by atoms with van der Waals surface area (Å²) >= 11 is 0. The zero-order chi connectivity index (χ0) is 39.8. The Labute approximate surface area is 316 Å². The van der Waals surface area contributed by atoms with Gasteiger partial charge in [0, 0.05) is 39.4 Å². The summed E-state index contributed by atoms with van der Waals surface area (Å²) in [5, 5.41) is 2.26. The number of para-hydroxylation sites is 1. The number of ether oxygens (including phenoxy) is 1. The van der Waals surface area contributed by atoms with Crippen molar-refractivity contribution >= 4 is 32.8 Å². The lowest BCUT2D eigenvalue weighted by Crippen LogP contribution is -2.30. The van der Waals surface area contributed by atoms with Crippen LogP contribution in [0.25, 0.3) is 50.2 Å². The van der Waals surface area contributed by atoms with Crippen LogP contribution < -0.4 is 9.30 Å². The van der Waals surface area contributed by atoms with Crippen LogP contribution in [-0.4, -0.2) is 19.1 Å². The van der Waals surface area contributed by atoms with Crippen molar-refractivity contribution in [2.75, 3.05) is 0 Å². The number of pyridine rings is 2.